The highest BCUT2D eigenvalue weighted by Gasteiger charge is 2.33. The number of thioether (sulfide) groups is 1. The van der Waals surface area contributed by atoms with Gasteiger partial charge in [0.15, 0.2) is 11.0 Å². The first-order chi connectivity index (χ1) is 20.4. The number of halogens is 1. The molecule has 1 aromatic heterocycles. The molecule has 5 rings (SSSR count). The van der Waals surface area contributed by atoms with Crippen LogP contribution in [0.4, 0.5) is 4.39 Å². The minimum Gasteiger partial charge on any atom is -0.497 e. The average Bonchev–Trinajstić information content (AvgIpc) is 3.62. The summed E-state index contributed by atoms with van der Waals surface area (Å²) in [6.45, 7) is 0.0918. The smallest absolute Gasteiger partial charge is 0.253 e. The largest absolute Gasteiger partial charge is 0.497 e. The number of nitrogens with one attached hydrogen (secondary N) is 1. The zero-order chi connectivity index (χ0) is 29.6. The van der Waals surface area contributed by atoms with Gasteiger partial charge in [0, 0.05) is 19.0 Å². The summed E-state index contributed by atoms with van der Waals surface area (Å²) in [4.78, 5) is 25.9. The average molecular weight is 589 g/mol. The number of hydrogen-bond acceptors (Lipinski definition) is 8. The van der Waals surface area contributed by atoms with Crippen molar-refractivity contribution in [2.24, 2.45) is 12.1 Å². The number of ether oxygens (including phenoxy) is 2. The molecule has 4 aromatic rings. The SMILES string of the molecule is COc1ccc(C2=NN(C(=O)CSc3nnc(CNC(=O)c4cccc(F)c4)n3C)C(c3ccc(OC)cc3)C2)cc1. The number of carbonyl (C=O) groups is 2. The second-order valence-corrected chi connectivity index (χ2v) is 10.4. The normalized spacial score (nSPS) is 14.4. The first-order valence-electron chi connectivity index (χ1n) is 13.1. The van der Waals surface area contributed by atoms with Crippen LogP contribution >= 0.6 is 11.8 Å². The number of methoxy groups -OCH3 is 2. The van der Waals surface area contributed by atoms with Crippen LogP contribution in [-0.4, -0.2) is 57.3 Å². The topological polar surface area (TPSA) is 111 Å². The summed E-state index contributed by atoms with van der Waals surface area (Å²) in [5.41, 5.74) is 2.86. The summed E-state index contributed by atoms with van der Waals surface area (Å²) in [7, 11) is 4.98. The Morgan fingerprint density at radius 1 is 1.00 bits per heavy atom. The van der Waals surface area contributed by atoms with Crippen LogP contribution in [0, 0.1) is 5.82 Å². The minimum absolute atomic E-state index is 0.0771. The van der Waals surface area contributed by atoms with Crippen molar-refractivity contribution in [2.45, 2.75) is 24.2 Å². The lowest BCUT2D eigenvalue weighted by Crippen LogP contribution is -2.28. The van der Waals surface area contributed by atoms with E-state index in [1.807, 2.05) is 48.5 Å². The molecule has 2 heterocycles. The third kappa shape index (κ3) is 6.44. The van der Waals surface area contributed by atoms with Crippen LogP contribution in [0.25, 0.3) is 0 Å². The molecule has 12 heteroatoms. The molecule has 0 saturated heterocycles. The number of nitrogens with zero attached hydrogens (tertiary/aromatic N) is 5. The summed E-state index contributed by atoms with van der Waals surface area (Å²) >= 11 is 1.23. The maximum Gasteiger partial charge on any atom is 0.253 e. The molecule has 1 N–H and O–H groups in total. The highest BCUT2D eigenvalue weighted by atomic mass is 32.2. The molecule has 42 heavy (non-hydrogen) atoms. The first kappa shape index (κ1) is 28.8. The van der Waals surface area contributed by atoms with Crippen molar-refractivity contribution in [3.63, 3.8) is 0 Å². The first-order valence-corrected chi connectivity index (χ1v) is 14.1. The van der Waals surface area contributed by atoms with E-state index in [9.17, 15) is 14.0 Å². The summed E-state index contributed by atoms with van der Waals surface area (Å²) in [6.07, 6.45) is 0.550. The van der Waals surface area contributed by atoms with E-state index in [1.54, 1.807) is 25.8 Å². The quantitative estimate of drug-likeness (QED) is 0.274. The van der Waals surface area contributed by atoms with Gasteiger partial charge in [-0.25, -0.2) is 9.40 Å². The summed E-state index contributed by atoms with van der Waals surface area (Å²) in [6, 6.07) is 20.4. The Bertz CT molecular complexity index is 1610. The van der Waals surface area contributed by atoms with Gasteiger partial charge in [-0.05, 0) is 65.7 Å². The Balaban J connectivity index is 1.27. The molecule has 0 aliphatic carbocycles. The highest BCUT2D eigenvalue weighted by Crippen LogP contribution is 2.34. The molecule has 216 valence electrons. The van der Waals surface area contributed by atoms with Crippen molar-refractivity contribution in [3.8, 4) is 11.5 Å². The molecule has 1 atom stereocenters. The summed E-state index contributed by atoms with van der Waals surface area (Å²) in [5.74, 6) is 0.938. The summed E-state index contributed by atoms with van der Waals surface area (Å²) in [5, 5.41) is 17.8. The number of hydrogen-bond donors (Lipinski definition) is 1. The maximum absolute atomic E-state index is 13.5. The van der Waals surface area contributed by atoms with E-state index in [0.29, 0.717) is 17.4 Å². The number of benzene rings is 3. The fraction of sp³-hybridized carbons (Fsp3) is 0.233. The predicted molar refractivity (Wildman–Crippen MR) is 156 cm³/mol. The Morgan fingerprint density at radius 2 is 1.69 bits per heavy atom. The van der Waals surface area contributed by atoms with Crippen LogP contribution in [0.15, 0.2) is 83.1 Å². The van der Waals surface area contributed by atoms with Crippen LogP contribution in [0.1, 0.15) is 39.8 Å². The van der Waals surface area contributed by atoms with Crippen molar-refractivity contribution < 1.29 is 23.5 Å². The monoisotopic (exact) mass is 588 g/mol. The van der Waals surface area contributed by atoms with Gasteiger partial charge >= 0.3 is 0 Å². The van der Waals surface area contributed by atoms with Gasteiger partial charge in [0.2, 0.25) is 0 Å². The van der Waals surface area contributed by atoms with Gasteiger partial charge in [-0.2, -0.15) is 5.10 Å². The third-order valence-corrected chi connectivity index (χ3v) is 7.84. The van der Waals surface area contributed by atoms with Crippen molar-refractivity contribution in [3.05, 3.63) is 101 Å². The van der Waals surface area contributed by atoms with E-state index in [1.165, 1.54) is 41.0 Å². The number of amides is 2. The van der Waals surface area contributed by atoms with Gasteiger partial charge in [0.1, 0.15) is 17.3 Å². The van der Waals surface area contributed by atoms with Gasteiger partial charge in [0.05, 0.1) is 38.3 Å². The predicted octanol–water partition coefficient (Wildman–Crippen LogP) is 4.37. The van der Waals surface area contributed by atoms with Crippen molar-refractivity contribution >= 4 is 29.3 Å². The fourth-order valence-electron chi connectivity index (χ4n) is 4.49. The minimum atomic E-state index is -0.489. The standard InChI is InChI=1S/C30H29FN6O4S/c1-36-27(17-32-29(39)21-5-4-6-22(31)15-21)33-34-30(36)42-18-28(38)37-26(20-9-13-24(41-3)14-10-20)16-25(35-37)19-7-11-23(40-2)12-8-19/h4-15,26H,16-18H2,1-3H3,(H,32,39). The molecule has 0 radical (unpaired) electrons. The van der Waals surface area contributed by atoms with Crippen LogP contribution in [0.5, 0.6) is 11.5 Å². The molecule has 1 aliphatic heterocycles. The fourth-order valence-corrected chi connectivity index (χ4v) is 5.27. The molecule has 2 amide bonds. The van der Waals surface area contributed by atoms with E-state index in [-0.39, 0.29) is 29.8 Å². The van der Waals surface area contributed by atoms with Gasteiger partial charge in [-0.1, -0.05) is 30.0 Å². The lowest BCUT2D eigenvalue weighted by atomic mass is 9.98. The van der Waals surface area contributed by atoms with Gasteiger partial charge in [-0.15, -0.1) is 10.2 Å². The van der Waals surface area contributed by atoms with Gasteiger partial charge in [0.25, 0.3) is 11.8 Å². The molecular weight excluding hydrogens is 559 g/mol. The molecule has 1 unspecified atom stereocenters. The van der Waals surface area contributed by atoms with E-state index in [4.69, 9.17) is 14.6 Å². The molecule has 10 nitrogen and oxygen atoms in total. The molecule has 0 fully saturated rings. The maximum atomic E-state index is 13.5. The Kier molecular flexibility index (Phi) is 8.82. The molecule has 3 aromatic carbocycles. The third-order valence-electron chi connectivity index (χ3n) is 6.83. The zero-order valence-electron chi connectivity index (χ0n) is 23.3. The van der Waals surface area contributed by atoms with Gasteiger partial charge in [-0.3, -0.25) is 9.59 Å². The van der Waals surface area contributed by atoms with Crippen molar-refractivity contribution in [2.75, 3.05) is 20.0 Å². The molecule has 0 spiro atoms. The number of rotatable bonds is 10. The van der Waals surface area contributed by atoms with E-state index >= 15 is 0 Å². The Labute approximate surface area is 246 Å². The van der Waals surface area contributed by atoms with Crippen molar-refractivity contribution in [1.82, 2.24) is 25.1 Å². The van der Waals surface area contributed by atoms with E-state index < -0.39 is 11.7 Å². The number of hydrazone groups is 1. The van der Waals surface area contributed by atoms with Gasteiger partial charge < -0.3 is 19.4 Å². The van der Waals surface area contributed by atoms with E-state index in [2.05, 4.69) is 15.5 Å². The van der Waals surface area contributed by atoms with Crippen LogP contribution in [0.3, 0.4) is 0 Å². The van der Waals surface area contributed by atoms with Crippen LogP contribution < -0.4 is 14.8 Å². The highest BCUT2D eigenvalue weighted by molar-refractivity contribution is 7.99. The number of carbonyl (C=O) groups excluding carboxylic acids is 2. The van der Waals surface area contributed by atoms with E-state index in [0.717, 1.165) is 28.3 Å². The second kappa shape index (κ2) is 12.9. The molecule has 0 saturated carbocycles. The number of aromatic nitrogens is 3. The van der Waals surface area contributed by atoms with Crippen LogP contribution in [0.2, 0.25) is 0 Å². The molecule has 0 bridgehead atoms. The second-order valence-electron chi connectivity index (χ2n) is 9.45. The lowest BCUT2D eigenvalue weighted by Gasteiger charge is -2.22. The Morgan fingerprint density at radius 3 is 2.36 bits per heavy atom. The zero-order valence-corrected chi connectivity index (χ0v) is 24.1. The summed E-state index contributed by atoms with van der Waals surface area (Å²) < 4.78 is 25.7. The lowest BCUT2D eigenvalue weighted by molar-refractivity contribution is -0.130. The molecular formula is C30H29FN6O4S. The molecule has 1 aliphatic rings. The van der Waals surface area contributed by atoms with Crippen molar-refractivity contribution in [1.29, 1.82) is 0 Å². The van der Waals surface area contributed by atoms with Crippen LogP contribution in [-0.2, 0) is 18.4 Å². The Hall–Kier alpha value is -4.71.